The number of nitrogens with one attached hydrogen (secondary N) is 3. The molecular weight excluding hydrogens is 989 g/mol. The lowest BCUT2D eigenvalue weighted by Crippen LogP contribution is -2.20. The quantitative estimate of drug-likeness (QED) is 0.0462. The number of hydrogen-bond acceptors (Lipinski definition) is 17. The van der Waals surface area contributed by atoms with Crippen molar-refractivity contribution in [3.05, 3.63) is 106 Å². The minimum Gasteiger partial charge on any atom is -0.322 e. The Hall–Kier alpha value is -6.37. The molecule has 0 spiro atoms. The first-order chi connectivity index (χ1) is 29.1. The molecule has 0 aliphatic heterocycles. The summed E-state index contributed by atoms with van der Waals surface area (Å²) in [5.74, 6) is -4.54. The fraction of sp³-hybridized carbons (Fsp3) is 0. The normalized spacial score (nSPS) is 12.7. The van der Waals surface area contributed by atoms with Gasteiger partial charge in [0.2, 0.25) is 0 Å². The number of fused-ring (bicyclic) bond motifs is 1. The molecule has 9 N–H and O–H groups in total. The lowest BCUT2D eigenvalue weighted by Gasteiger charge is -2.16. The molecule has 5 aromatic carbocycles. The highest BCUT2D eigenvalue weighted by Gasteiger charge is 2.30. The van der Waals surface area contributed by atoms with Crippen LogP contribution in [0.25, 0.3) is 10.8 Å². The highest BCUT2D eigenvalue weighted by molar-refractivity contribution is 7.87. The number of nitro groups is 1. The van der Waals surface area contributed by atoms with Crippen LogP contribution in [-0.2, 0) is 60.7 Å². The van der Waals surface area contributed by atoms with E-state index in [9.17, 15) is 102 Å². The third-order valence-electron chi connectivity index (χ3n) is 8.30. The van der Waals surface area contributed by atoms with Crippen LogP contribution in [0.3, 0.4) is 0 Å². The van der Waals surface area contributed by atoms with E-state index < -0.39 is 163 Å². The van der Waals surface area contributed by atoms with Crippen molar-refractivity contribution in [3.8, 4) is 0 Å². The zero-order chi connectivity index (χ0) is 48.3. The number of carbonyl (C=O) groups is 3. The minimum atomic E-state index is -5.55. The van der Waals surface area contributed by atoms with Gasteiger partial charge in [-0.2, -0.15) is 50.5 Å². The summed E-state index contributed by atoms with van der Waals surface area (Å²) in [6.45, 7) is 0. The molecule has 0 fully saturated rings. The van der Waals surface area contributed by atoms with Gasteiger partial charge in [0, 0.05) is 28.9 Å². The smallest absolute Gasteiger partial charge is 0.295 e. The van der Waals surface area contributed by atoms with Crippen molar-refractivity contribution in [3.63, 3.8) is 0 Å². The second-order valence-corrected chi connectivity index (χ2v) is 21.0. The lowest BCUT2D eigenvalue weighted by atomic mass is 10.1. The lowest BCUT2D eigenvalue weighted by molar-refractivity contribution is -0.385. The van der Waals surface area contributed by atoms with E-state index in [1.807, 2.05) is 16.0 Å². The van der Waals surface area contributed by atoms with Gasteiger partial charge in [-0.1, -0.05) is 0 Å². The van der Waals surface area contributed by atoms with E-state index in [-0.39, 0.29) is 6.07 Å². The maximum atomic E-state index is 13.6. The number of nitrogens with zero attached hydrogens (tertiary/aromatic N) is 1. The number of anilines is 3. The molecule has 27 nitrogen and oxygen atoms in total. The second-order valence-electron chi connectivity index (χ2n) is 12.6. The standard InChI is InChI=1S/C31H22N4O23S6/c36-29(20-4-1-15(9-24(20)61(47,48)49)33-30(37)22-6-3-17(35(39)40)11-26(22)63(53,54)55)32-16-2-5-21(25(10-16)62(50,51)52)31(38)34-23-12-18(59(41,42)43)7-14-8-19(60(44,45)46)13-27(28(14)23)64(56,57)58/h1-13H,(H,32,36)(H,33,37)(H,34,38)(H,41,42,43)(H,44,45,46)(H,47,48,49)(H,50,51,52)(H,53,54,55)(H,56,57,58). The predicted molar refractivity (Wildman–Crippen MR) is 213 cm³/mol. The Morgan fingerprint density at radius 2 is 0.797 bits per heavy atom. The molecule has 33 heteroatoms. The number of nitro benzene ring substituents is 1. The van der Waals surface area contributed by atoms with Crippen LogP contribution in [0.2, 0.25) is 0 Å². The summed E-state index contributed by atoms with van der Waals surface area (Å²) in [6, 6.07) is 6.82. The van der Waals surface area contributed by atoms with Crippen LogP contribution in [0, 0.1) is 10.1 Å². The van der Waals surface area contributed by atoms with Gasteiger partial charge in [-0.15, -0.1) is 0 Å². The van der Waals surface area contributed by atoms with Gasteiger partial charge in [0.1, 0.15) is 19.6 Å². The summed E-state index contributed by atoms with van der Waals surface area (Å²) in [5.41, 5.74) is -5.96. The van der Waals surface area contributed by atoms with Crippen LogP contribution in [0.15, 0.2) is 108 Å². The Labute approximate surface area is 358 Å². The van der Waals surface area contributed by atoms with Crippen molar-refractivity contribution in [2.45, 2.75) is 29.4 Å². The molecule has 0 aliphatic carbocycles. The average Bonchev–Trinajstić information content (AvgIpc) is 3.14. The highest BCUT2D eigenvalue weighted by atomic mass is 32.2. The highest BCUT2D eigenvalue weighted by Crippen LogP contribution is 2.36. The largest absolute Gasteiger partial charge is 0.322 e. The first-order valence-corrected chi connectivity index (χ1v) is 24.7. The van der Waals surface area contributed by atoms with Crippen LogP contribution in [0.4, 0.5) is 22.7 Å². The first kappa shape index (κ1) is 48.7. The fourth-order valence-electron chi connectivity index (χ4n) is 5.64. The molecule has 0 aliphatic rings. The molecule has 0 atom stereocenters. The van der Waals surface area contributed by atoms with Crippen molar-refractivity contribution in [1.29, 1.82) is 0 Å². The van der Waals surface area contributed by atoms with Crippen molar-refractivity contribution < 1.29 is 97.1 Å². The van der Waals surface area contributed by atoms with Gasteiger partial charge in [-0.3, -0.25) is 51.8 Å². The van der Waals surface area contributed by atoms with Crippen LogP contribution >= 0.6 is 0 Å². The molecule has 0 saturated carbocycles. The number of benzene rings is 5. The number of rotatable bonds is 13. The van der Waals surface area contributed by atoms with E-state index in [1.165, 1.54) is 0 Å². The van der Waals surface area contributed by atoms with Gasteiger partial charge in [0.05, 0.1) is 37.1 Å². The van der Waals surface area contributed by atoms with E-state index in [0.717, 1.165) is 12.1 Å². The molecule has 0 radical (unpaired) electrons. The third kappa shape index (κ3) is 10.7. The molecule has 0 saturated heterocycles. The third-order valence-corrected chi connectivity index (χ3v) is 13.5. The van der Waals surface area contributed by atoms with Crippen molar-refractivity contribution >= 4 is 112 Å². The van der Waals surface area contributed by atoms with Crippen molar-refractivity contribution in [2.24, 2.45) is 0 Å². The average molecular weight is 1010 g/mol. The first-order valence-electron chi connectivity index (χ1n) is 16.0. The van der Waals surface area contributed by atoms with Crippen LogP contribution in [0.1, 0.15) is 31.1 Å². The monoisotopic (exact) mass is 1010 g/mol. The predicted octanol–water partition coefficient (Wildman–Crippen LogP) is 1.99. The summed E-state index contributed by atoms with van der Waals surface area (Å²) in [5, 5.41) is 15.3. The van der Waals surface area contributed by atoms with Gasteiger partial charge in [0.25, 0.3) is 84.1 Å². The zero-order valence-corrected chi connectivity index (χ0v) is 35.4. The summed E-state index contributed by atoms with van der Waals surface area (Å²) < 4.78 is 204. The van der Waals surface area contributed by atoms with E-state index in [1.54, 1.807) is 0 Å². The Morgan fingerprint density at radius 3 is 1.17 bits per heavy atom. The Bertz CT molecular complexity index is 3610. The topological polar surface area (TPSA) is 457 Å². The van der Waals surface area contributed by atoms with E-state index in [4.69, 9.17) is 0 Å². The SMILES string of the molecule is O=C(Nc1ccc(C(=O)Nc2cc(S(=O)(=O)O)cc3cc(S(=O)(=O)O)cc(S(=O)(=O)O)c23)c(S(=O)(=O)O)c1)c1ccc(NC(=O)c2ccc([N+](=O)[O-])cc2S(=O)(=O)O)cc1S(=O)(=O)O. The molecular formula is C31H22N4O23S6. The molecule has 0 bridgehead atoms. The maximum Gasteiger partial charge on any atom is 0.295 e. The number of carbonyl (C=O) groups excluding carboxylic acids is 3. The molecule has 0 heterocycles. The number of non-ortho nitro benzene ring substituents is 1. The van der Waals surface area contributed by atoms with Crippen LogP contribution in [-0.4, -0.2) is 100 Å². The Kier molecular flexibility index (Phi) is 12.7. The number of hydrogen-bond donors (Lipinski definition) is 9. The zero-order valence-electron chi connectivity index (χ0n) is 30.5. The van der Waals surface area contributed by atoms with Gasteiger partial charge < -0.3 is 16.0 Å². The van der Waals surface area contributed by atoms with E-state index >= 15 is 0 Å². The molecule has 340 valence electrons. The summed E-state index contributed by atoms with van der Waals surface area (Å²) in [6.07, 6.45) is 0. The minimum absolute atomic E-state index is 0.192. The summed E-state index contributed by atoms with van der Waals surface area (Å²) in [4.78, 5) is 42.2. The number of amides is 3. The van der Waals surface area contributed by atoms with Crippen molar-refractivity contribution in [2.75, 3.05) is 16.0 Å². The molecule has 3 amide bonds. The van der Waals surface area contributed by atoms with Gasteiger partial charge in [-0.05, 0) is 72.1 Å². The van der Waals surface area contributed by atoms with E-state index in [0.29, 0.717) is 60.7 Å². The molecule has 64 heavy (non-hydrogen) atoms. The molecule has 5 aromatic rings. The Morgan fingerprint density at radius 1 is 0.438 bits per heavy atom. The summed E-state index contributed by atoms with van der Waals surface area (Å²) in [7, 11) is -32.4. The van der Waals surface area contributed by atoms with Crippen LogP contribution in [0.5, 0.6) is 0 Å². The maximum absolute atomic E-state index is 13.6. The fourth-order valence-corrected chi connectivity index (χ4v) is 9.70. The van der Waals surface area contributed by atoms with Crippen molar-refractivity contribution in [1.82, 2.24) is 0 Å². The molecule has 0 aromatic heterocycles. The molecule has 0 unspecified atom stereocenters. The second kappa shape index (κ2) is 16.6. The van der Waals surface area contributed by atoms with Gasteiger partial charge >= 0.3 is 0 Å². The summed E-state index contributed by atoms with van der Waals surface area (Å²) >= 11 is 0. The molecule has 5 rings (SSSR count). The van der Waals surface area contributed by atoms with Gasteiger partial charge in [0.15, 0.2) is 0 Å². The van der Waals surface area contributed by atoms with Gasteiger partial charge in [-0.25, -0.2) is 0 Å². The van der Waals surface area contributed by atoms with E-state index in [2.05, 4.69) is 0 Å². The van der Waals surface area contributed by atoms with Crippen LogP contribution < -0.4 is 16.0 Å². The Balaban J connectivity index is 1.53.